The van der Waals surface area contributed by atoms with Gasteiger partial charge in [0.1, 0.15) is 12.1 Å². The van der Waals surface area contributed by atoms with Gasteiger partial charge in [-0.25, -0.2) is 0 Å². The first-order valence-electron chi connectivity index (χ1n) is 9.69. The van der Waals surface area contributed by atoms with Crippen LogP contribution in [0, 0.1) is 0 Å². The number of primary amides is 1. The van der Waals surface area contributed by atoms with Crippen LogP contribution in [0.15, 0.2) is 4.99 Å². The zero-order valence-corrected chi connectivity index (χ0v) is 16.3. The third kappa shape index (κ3) is 7.69. The number of nitrogens with one attached hydrogen (secondary N) is 1. The Kier molecular flexibility index (Phi) is 10.2. The number of carbonyl (C=O) groups is 3. The van der Waals surface area contributed by atoms with E-state index in [4.69, 9.17) is 28.7 Å². The molecule has 11 heteroatoms. The molecule has 1 heterocycles. The largest absolute Gasteiger partial charge is 0.370 e. The fourth-order valence-electron chi connectivity index (χ4n) is 3.21. The maximum Gasteiger partial charge on any atom is 0.245 e. The number of nitrogens with zero attached hydrogens (tertiary/aromatic N) is 2. The van der Waals surface area contributed by atoms with E-state index in [1.807, 2.05) is 0 Å². The number of unbranched alkanes of at least 4 members (excludes halogenated alkanes) is 1. The van der Waals surface area contributed by atoms with Crippen LogP contribution in [0.5, 0.6) is 0 Å². The lowest BCUT2D eigenvalue weighted by atomic mass is 10.1. The summed E-state index contributed by atoms with van der Waals surface area (Å²) in [5.74, 6) is -1.34. The molecule has 160 valence electrons. The van der Waals surface area contributed by atoms with Gasteiger partial charge in [0.2, 0.25) is 17.7 Å². The summed E-state index contributed by atoms with van der Waals surface area (Å²) >= 11 is 0. The Bertz CT molecular complexity index is 565. The highest BCUT2D eigenvalue weighted by molar-refractivity contribution is 5.93. The summed E-state index contributed by atoms with van der Waals surface area (Å²) in [5, 5.41) is 2.72. The highest BCUT2D eigenvalue weighted by Crippen LogP contribution is 2.19. The molecule has 28 heavy (non-hydrogen) atoms. The second-order valence-corrected chi connectivity index (χ2v) is 6.99. The van der Waals surface area contributed by atoms with Crippen molar-refractivity contribution in [3.05, 3.63) is 0 Å². The number of hydrogen-bond donors (Lipinski definition) is 6. The molecule has 3 atom stereocenters. The Labute approximate surface area is 165 Å². The highest BCUT2D eigenvalue weighted by atomic mass is 16.2. The van der Waals surface area contributed by atoms with Crippen LogP contribution in [0.2, 0.25) is 0 Å². The number of guanidine groups is 1. The van der Waals surface area contributed by atoms with Gasteiger partial charge in [0, 0.05) is 13.1 Å². The van der Waals surface area contributed by atoms with E-state index in [2.05, 4.69) is 10.3 Å². The predicted molar refractivity (Wildman–Crippen MR) is 107 cm³/mol. The quantitative estimate of drug-likeness (QED) is 0.118. The second-order valence-electron chi connectivity index (χ2n) is 6.99. The highest BCUT2D eigenvalue weighted by Gasteiger charge is 2.36. The van der Waals surface area contributed by atoms with E-state index in [1.54, 1.807) is 0 Å². The maximum atomic E-state index is 13.0. The van der Waals surface area contributed by atoms with Gasteiger partial charge < -0.3 is 38.9 Å². The molecule has 1 aliphatic rings. The van der Waals surface area contributed by atoms with Gasteiger partial charge in [-0.1, -0.05) is 6.42 Å². The predicted octanol–water partition coefficient (Wildman–Crippen LogP) is -2.54. The van der Waals surface area contributed by atoms with Gasteiger partial charge in [0.05, 0.1) is 6.04 Å². The average Bonchev–Trinajstić information content (AvgIpc) is 3.13. The van der Waals surface area contributed by atoms with Crippen LogP contribution < -0.4 is 34.0 Å². The van der Waals surface area contributed by atoms with Crippen LogP contribution in [0.1, 0.15) is 44.9 Å². The molecular formula is C17H34N8O3. The van der Waals surface area contributed by atoms with Crippen LogP contribution in [-0.4, -0.2) is 66.3 Å². The smallest absolute Gasteiger partial charge is 0.245 e. The topological polar surface area (TPSA) is 209 Å². The third-order valence-corrected chi connectivity index (χ3v) is 4.73. The molecule has 0 spiro atoms. The van der Waals surface area contributed by atoms with Gasteiger partial charge in [-0.15, -0.1) is 0 Å². The number of nitrogens with two attached hydrogens (primary N) is 5. The minimum absolute atomic E-state index is 0.0397. The first kappa shape index (κ1) is 23.6. The van der Waals surface area contributed by atoms with Gasteiger partial charge in [-0.3, -0.25) is 19.4 Å². The lowest BCUT2D eigenvalue weighted by molar-refractivity contribution is -0.141. The summed E-state index contributed by atoms with van der Waals surface area (Å²) in [6.45, 7) is 1.28. The van der Waals surface area contributed by atoms with Crippen molar-refractivity contribution < 1.29 is 14.4 Å². The van der Waals surface area contributed by atoms with Gasteiger partial charge in [-0.05, 0) is 45.1 Å². The maximum absolute atomic E-state index is 13.0. The Hall–Kier alpha value is -2.40. The number of hydrogen-bond acceptors (Lipinski definition) is 6. The third-order valence-electron chi connectivity index (χ3n) is 4.73. The number of likely N-dealkylation sites (tertiary alicyclic amines) is 1. The number of rotatable bonds is 12. The van der Waals surface area contributed by atoms with E-state index in [1.165, 1.54) is 4.90 Å². The van der Waals surface area contributed by atoms with Crippen molar-refractivity contribution in [2.45, 2.75) is 63.1 Å². The van der Waals surface area contributed by atoms with Gasteiger partial charge in [0.15, 0.2) is 5.96 Å². The fraction of sp³-hybridized carbons (Fsp3) is 0.765. The van der Waals surface area contributed by atoms with E-state index in [9.17, 15) is 14.4 Å². The zero-order valence-electron chi connectivity index (χ0n) is 16.3. The zero-order chi connectivity index (χ0) is 21.1. The molecule has 0 unspecified atom stereocenters. The van der Waals surface area contributed by atoms with E-state index in [0.29, 0.717) is 51.7 Å². The Morgan fingerprint density at radius 2 is 1.82 bits per heavy atom. The molecule has 0 aromatic rings. The van der Waals surface area contributed by atoms with Crippen molar-refractivity contribution >= 4 is 23.7 Å². The molecule has 1 fully saturated rings. The molecule has 11 N–H and O–H groups in total. The Morgan fingerprint density at radius 1 is 1.11 bits per heavy atom. The standard InChI is InChI=1S/C17H34N8O3/c18-8-2-1-5-11(19)15(27)24-12(6-3-9-23-17(21)22)16(28)25-10-4-7-13(25)14(20)26/h11-13H,1-10,18-19H2,(H2,20,26)(H,24,27)(H4,21,22,23)/t11-,12-,13-/m0/s1. The molecule has 0 aromatic heterocycles. The van der Waals surface area contributed by atoms with Gasteiger partial charge in [0.25, 0.3) is 0 Å². The fourth-order valence-corrected chi connectivity index (χ4v) is 3.21. The van der Waals surface area contributed by atoms with Crippen molar-refractivity contribution in [3.8, 4) is 0 Å². The normalized spacial score (nSPS) is 18.4. The van der Waals surface area contributed by atoms with Crippen molar-refractivity contribution in [3.63, 3.8) is 0 Å². The lowest BCUT2D eigenvalue weighted by Gasteiger charge is -2.28. The number of carbonyl (C=O) groups excluding carboxylic acids is 3. The average molecular weight is 399 g/mol. The first-order chi connectivity index (χ1) is 13.3. The molecule has 0 bridgehead atoms. The molecule has 0 aromatic carbocycles. The Balaban J connectivity index is 2.77. The molecule has 0 radical (unpaired) electrons. The second kappa shape index (κ2) is 12.1. The minimum atomic E-state index is -0.817. The molecular weight excluding hydrogens is 364 g/mol. The number of amides is 3. The molecule has 11 nitrogen and oxygen atoms in total. The number of aliphatic imine (C=N–C) groups is 1. The van der Waals surface area contributed by atoms with Crippen LogP contribution in [0.4, 0.5) is 0 Å². The van der Waals surface area contributed by atoms with E-state index < -0.39 is 29.9 Å². The van der Waals surface area contributed by atoms with Crippen molar-refractivity contribution in [2.75, 3.05) is 19.6 Å². The molecule has 0 aliphatic carbocycles. The van der Waals surface area contributed by atoms with E-state index in [-0.39, 0.29) is 11.9 Å². The van der Waals surface area contributed by atoms with Crippen LogP contribution in [-0.2, 0) is 14.4 Å². The Morgan fingerprint density at radius 3 is 2.43 bits per heavy atom. The van der Waals surface area contributed by atoms with E-state index >= 15 is 0 Å². The van der Waals surface area contributed by atoms with E-state index in [0.717, 1.165) is 12.8 Å². The minimum Gasteiger partial charge on any atom is -0.370 e. The van der Waals surface area contributed by atoms with Gasteiger partial charge in [-0.2, -0.15) is 0 Å². The summed E-state index contributed by atoms with van der Waals surface area (Å²) in [7, 11) is 0. The van der Waals surface area contributed by atoms with Crippen molar-refractivity contribution in [1.29, 1.82) is 0 Å². The van der Waals surface area contributed by atoms with Crippen LogP contribution in [0.3, 0.4) is 0 Å². The summed E-state index contributed by atoms with van der Waals surface area (Å²) in [5.41, 5.74) is 27.4. The monoisotopic (exact) mass is 398 g/mol. The van der Waals surface area contributed by atoms with Crippen LogP contribution in [0.25, 0.3) is 0 Å². The van der Waals surface area contributed by atoms with Gasteiger partial charge >= 0.3 is 0 Å². The van der Waals surface area contributed by atoms with Crippen LogP contribution >= 0.6 is 0 Å². The van der Waals surface area contributed by atoms with Crippen molar-refractivity contribution in [1.82, 2.24) is 10.2 Å². The van der Waals surface area contributed by atoms with Crippen molar-refractivity contribution in [2.24, 2.45) is 33.7 Å². The molecule has 0 saturated carbocycles. The lowest BCUT2D eigenvalue weighted by Crippen LogP contribution is -2.55. The summed E-state index contributed by atoms with van der Waals surface area (Å²) in [6, 6.07) is -2.20. The molecule has 3 amide bonds. The summed E-state index contributed by atoms with van der Waals surface area (Å²) in [6.07, 6.45) is 3.98. The SMILES string of the molecule is NCCCC[C@H](N)C(=O)N[C@@H](CCCN=C(N)N)C(=O)N1CCC[C@H]1C(N)=O. The summed E-state index contributed by atoms with van der Waals surface area (Å²) in [4.78, 5) is 42.3. The summed E-state index contributed by atoms with van der Waals surface area (Å²) < 4.78 is 0. The molecule has 1 rings (SSSR count). The molecule has 1 saturated heterocycles. The molecule has 1 aliphatic heterocycles. The first-order valence-corrected chi connectivity index (χ1v) is 9.69.